The average Bonchev–Trinajstić information content (AvgIpc) is 2.42. The van der Waals surface area contributed by atoms with Crippen LogP contribution in [0.2, 0.25) is 0 Å². The van der Waals surface area contributed by atoms with Gasteiger partial charge in [0.2, 0.25) is 0 Å². The normalized spacial score (nSPS) is 10.2. The van der Waals surface area contributed by atoms with Crippen molar-refractivity contribution in [1.82, 2.24) is 0 Å². The van der Waals surface area contributed by atoms with Gasteiger partial charge < -0.3 is 5.32 Å². The Morgan fingerprint density at radius 3 is 2.00 bits per heavy atom. The quantitative estimate of drug-likeness (QED) is 0.641. The number of benzene rings is 2. The number of anilines is 2. The molecule has 2 aromatic carbocycles. The van der Waals surface area contributed by atoms with Gasteiger partial charge in [-0.15, -0.1) is 0 Å². The van der Waals surface area contributed by atoms with Gasteiger partial charge in [0.05, 0.1) is 4.92 Å². The fourth-order valence-electron chi connectivity index (χ4n) is 1.88. The summed E-state index contributed by atoms with van der Waals surface area (Å²) in [7, 11) is 0. The van der Waals surface area contributed by atoms with E-state index in [2.05, 4.69) is 24.4 Å². The Labute approximate surface area is 112 Å². The van der Waals surface area contributed by atoms with Gasteiger partial charge in [-0.3, -0.25) is 10.1 Å². The van der Waals surface area contributed by atoms with Crippen molar-refractivity contribution in [2.24, 2.45) is 0 Å². The largest absolute Gasteiger partial charge is 0.356 e. The van der Waals surface area contributed by atoms with Crippen LogP contribution in [-0.2, 0) is 6.42 Å². The first-order valence-electron chi connectivity index (χ1n) is 6.29. The highest BCUT2D eigenvalue weighted by molar-refractivity contribution is 5.61. The van der Waals surface area contributed by atoms with Crippen LogP contribution in [0.4, 0.5) is 17.1 Å². The topological polar surface area (TPSA) is 55.2 Å². The zero-order chi connectivity index (χ0) is 13.7. The van der Waals surface area contributed by atoms with E-state index >= 15 is 0 Å². The number of hydrogen-bond donors (Lipinski definition) is 1. The summed E-state index contributed by atoms with van der Waals surface area (Å²) in [6.45, 7) is 2.16. The zero-order valence-electron chi connectivity index (χ0n) is 10.8. The van der Waals surface area contributed by atoms with Gasteiger partial charge in [0.25, 0.3) is 5.69 Å². The van der Waals surface area contributed by atoms with Crippen molar-refractivity contribution in [2.75, 3.05) is 5.32 Å². The first kappa shape index (κ1) is 13.1. The molecule has 0 saturated carbocycles. The lowest BCUT2D eigenvalue weighted by molar-refractivity contribution is -0.384. The number of aryl methyl sites for hydroxylation is 1. The Balaban J connectivity index is 2.06. The van der Waals surface area contributed by atoms with Gasteiger partial charge in [-0.25, -0.2) is 0 Å². The standard InChI is InChI=1S/C15H16N2O2/c1-2-3-12-4-6-13(7-5-12)16-14-8-10-15(11-9-14)17(18)19/h4-11,16H,2-3H2,1H3. The molecule has 0 radical (unpaired) electrons. The molecule has 2 rings (SSSR count). The molecule has 0 bridgehead atoms. The SMILES string of the molecule is CCCc1ccc(Nc2ccc([N+](=O)[O-])cc2)cc1. The van der Waals surface area contributed by atoms with Crippen molar-refractivity contribution in [3.05, 3.63) is 64.2 Å². The number of hydrogen-bond acceptors (Lipinski definition) is 3. The van der Waals surface area contributed by atoms with Crippen molar-refractivity contribution < 1.29 is 4.92 Å². The van der Waals surface area contributed by atoms with Crippen LogP contribution >= 0.6 is 0 Å². The van der Waals surface area contributed by atoms with Crippen molar-refractivity contribution in [1.29, 1.82) is 0 Å². The molecule has 0 atom stereocenters. The van der Waals surface area contributed by atoms with Crippen LogP contribution in [0, 0.1) is 10.1 Å². The second kappa shape index (κ2) is 6.00. The van der Waals surface area contributed by atoms with Gasteiger partial charge in [-0.2, -0.15) is 0 Å². The number of nitrogens with one attached hydrogen (secondary N) is 1. The summed E-state index contributed by atoms with van der Waals surface area (Å²) in [5.41, 5.74) is 3.24. The maximum Gasteiger partial charge on any atom is 0.269 e. The smallest absolute Gasteiger partial charge is 0.269 e. The Morgan fingerprint density at radius 2 is 1.53 bits per heavy atom. The highest BCUT2D eigenvalue weighted by atomic mass is 16.6. The lowest BCUT2D eigenvalue weighted by Crippen LogP contribution is -1.92. The summed E-state index contributed by atoms with van der Waals surface area (Å²) >= 11 is 0. The number of non-ortho nitro benzene ring substituents is 1. The van der Waals surface area contributed by atoms with Crippen molar-refractivity contribution in [3.8, 4) is 0 Å². The fourth-order valence-corrected chi connectivity index (χ4v) is 1.88. The molecule has 0 fully saturated rings. The van der Waals surface area contributed by atoms with Gasteiger partial charge in [-0.05, 0) is 36.2 Å². The molecule has 0 aliphatic carbocycles. The number of nitro groups is 1. The Bertz CT molecular complexity index is 547. The van der Waals surface area contributed by atoms with E-state index in [-0.39, 0.29) is 5.69 Å². The highest BCUT2D eigenvalue weighted by Gasteiger charge is 2.03. The average molecular weight is 256 g/mol. The lowest BCUT2D eigenvalue weighted by atomic mass is 10.1. The van der Waals surface area contributed by atoms with E-state index in [0.717, 1.165) is 24.2 Å². The molecule has 0 amide bonds. The molecule has 2 aromatic rings. The Hall–Kier alpha value is -2.36. The Kier molecular flexibility index (Phi) is 4.13. The zero-order valence-corrected chi connectivity index (χ0v) is 10.8. The molecule has 98 valence electrons. The first-order chi connectivity index (χ1) is 9.19. The minimum Gasteiger partial charge on any atom is -0.356 e. The van der Waals surface area contributed by atoms with Crippen LogP contribution in [0.15, 0.2) is 48.5 Å². The molecule has 0 heterocycles. The summed E-state index contributed by atoms with van der Waals surface area (Å²) in [5.74, 6) is 0. The maximum atomic E-state index is 10.6. The van der Waals surface area contributed by atoms with Gasteiger partial charge in [-0.1, -0.05) is 25.5 Å². The minimum absolute atomic E-state index is 0.101. The molecule has 0 aliphatic rings. The summed E-state index contributed by atoms with van der Waals surface area (Å²) in [5, 5.41) is 13.8. The molecular weight excluding hydrogens is 240 g/mol. The van der Waals surface area contributed by atoms with Gasteiger partial charge in [0.15, 0.2) is 0 Å². The van der Waals surface area contributed by atoms with Gasteiger partial charge in [0, 0.05) is 23.5 Å². The lowest BCUT2D eigenvalue weighted by Gasteiger charge is -2.07. The van der Waals surface area contributed by atoms with Crippen LogP contribution in [0.1, 0.15) is 18.9 Å². The first-order valence-corrected chi connectivity index (χ1v) is 6.29. The number of rotatable bonds is 5. The van der Waals surface area contributed by atoms with Crippen LogP contribution in [-0.4, -0.2) is 4.92 Å². The third-order valence-corrected chi connectivity index (χ3v) is 2.86. The van der Waals surface area contributed by atoms with E-state index in [1.165, 1.54) is 17.7 Å². The van der Waals surface area contributed by atoms with E-state index in [1.54, 1.807) is 12.1 Å². The van der Waals surface area contributed by atoms with E-state index in [0.29, 0.717) is 0 Å². The molecule has 0 unspecified atom stereocenters. The van der Waals surface area contributed by atoms with Gasteiger partial charge in [0.1, 0.15) is 0 Å². The monoisotopic (exact) mass is 256 g/mol. The third-order valence-electron chi connectivity index (χ3n) is 2.86. The van der Waals surface area contributed by atoms with Crippen LogP contribution in [0.25, 0.3) is 0 Å². The molecule has 4 nitrogen and oxygen atoms in total. The van der Waals surface area contributed by atoms with Crippen LogP contribution in [0.3, 0.4) is 0 Å². The summed E-state index contributed by atoms with van der Waals surface area (Å²) < 4.78 is 0. The van der Waals surface area contributed by atoms with Crippen molar-refractivity contribution in [3.63, 3.8) is 0 Å². The maximum absolute atomic E-state index is 10.6. The van der Waals surface area contributed by atoms with Crippen LogP contribution in [0.5, 0.6) is 0 Å². The molecule has 0 aromatic heterocycles. The third kappa shape index (κ3) is 3.55. The van der Waals surface area contributed by atoms with Crippen molar-refractivity contribution in [2.45, 2.75) is 19.8 Å². The molecule has 1 N–H and O–H groups in total. The summed E-state index contributed by atoms with van der Waals surface area (Å²) in [6.07, 6.45) is 2.22. The van der Waals surface area contributed by atoms with Crippen molar-refractivity contribution >= 4 is 17.1 Å². The number of nitrogens with zero attached hydrogens (tertiary/aromatic N) is 1. The minimum atomic E-state index is -0.399. The van der Waals surface area contributed by atoms with Crippen LogP contribution < -0.4 is 5.32 Å². The number of nitro benzene ring substituents is 1. The molecule has 4 heteroatoms. The van der Waals surface area contributed by atoms with E-state index in [9.17, 15) is 10.1 Å². The van der Waals surface area contributed by atoms with E-state index < -0.39 is 4.92 Å². The predicted octanol–water partition coefficient (Wildman–Crippen LogP) is 4.29. The molecule has 0 aliphatic heterocycles. The molecule has 0 spiro atoms. The van der Waals surface area contributed by atoms with Gasteiger partial charge >= 0.3 is 0 Å². The summed E-state index contributed by atoms with van der Waals surface area (Å²) in [4.78, 5) is 10.2. The molecule has 19 heavy (non-hydrogen) atoms. The molecule has 0 saturated heterocycles. The fraction of sp³-hybridized carbons (Fsp3) is 0.200. The second-order valence-corrected chi connectivity index (χ2v) is 4.38. The van der Waals surface area contributed by atoms with E-state index in [4.69, 9.17) is 0 Å². The summed E-state index contributed by atoms with van der Waals surface area (Å²) in [6, 6.07) is 14.6. The Morgan fingerprint density at radius 1 is 1.00 bits per heavy atom. The second-order valence-electron chi connectivity index (χ2n) is 4.38. The highest BCUT2D eigenvalue weighted by Crippen LogP contribution is 2.20. The predicted molar refractivity (Wildman–Crippen MR) is 76.8 cm³/mol. The van der Waals surface area contributed by atoms with E-state index in [1.807, 2.05) is 12.1 Å². The molecular formula is C15H16N2O2.